The van der Waals surface area contributed by atoms with Crippen LogP contribution in [0.1, 0.15) is 44.6 Å². The van der Waals surface area contributed by atoms with Crippen molar-refractivity contribution in [1.29, 1.82) is 0 Å². The third kappa shape index (κ3) is 4.04. The van der Waals surface area contributed by atoms with E-state index >= 15 is 0 Å². The van der Waals surface area contributed by atoms with Crippen LogP contribution in [0.15, 0.2) is 18.2 Å². The van der Waals surface area contributed by atoms with Gasteiger partial charge in [0.05, 0.1) is 0 Å². The Hall–Kier alpha value is -2.24. The highest BCUT2D eigenvalue weighted by Gasteiger charge is 2.35. The molecule has 6 nitrogen and oxygen atoms in total. The lowest BCUT2D eigenvalue weighted by Crippen LogP contribution is -2.47. The Morgan fingerprint density at radius 1 is 1.04 bits per heavy atom. The van der Waals surface area contributed by atoms with Crippen LogP contribution in [0.3, 0.4) is 0 Å². The molecular formula is C21H28N2O4. The predicted molar refractivity (Wildman–Crippen MR) is 101 cm³/mol. The third-order valence-electron chi connectivity index (χ3n) is 5.96. The highest BCUT2D eigenvalue weighted by Crippen LogP contribution is 2.37. The molecule has 1 atom stereocenters. The number of carbonyl (C=O) groups excluding carboxylic acids is 2. The zero-order valence-corrected chi connectivity index (χ0v) is 16.0. The van der Waals surface area contributed by atoms with Crippen molar-refractivity contribution in [3.05, 3.63) is 23.8 Å². The number of rotatable bonds is 6. The molecule has 1 aromatic rings. The van der Waals surface area contributed by atoms with Crippen LogP contribution in [0, 0.1) is 5.41 Å². The molecule has 4 rings (SSSR count). The molecule has 1 aromatic carbocycles. The fourth-order valence-electron chi connectivity index (χ4n) is 4.48. The fourth-order valence-corrected chi connectivity index (χ4v) is 4.48. The Bertz CT molecular complexity index is 735. The lowest BCUT2D eigenvalue weighted by atomic mass is 9.76. The summed E-state index contributed by atoms with van der Waals surface area (Å²) < 4.78 is 10.9. The van der Waals surface area contributed by atoms with E-state index in [1.807, 2.05) is 15.9 Å². The second-order valence-corrected chi connectivity index (χ2v) is 8.33. The average Bonchev–Trinajstić information content (AvgIpc) is 3.27. The number of hydrogen-bond donors (Lipinski definition) is 0. The van der Waals surface area contributed by atoms with E-state index in [4.69, 9.17) is 9.47 Å². The molecule has 2 saturated heterocycles. The van der Waals surface area contributed by atoms with Crippen LogP contribution in [-0.2, 0) is 16.0 Å². The molecule has 0 bridgehead atoms. The Morgan fingerprint density at radius 2 is 1.81 bits per heavy atom. The van der Waals surface area contributed by atoms with E-state index in [0.29, 0.717) is 12.8 Å². The first-order valence-corrected chi connectivity index (χ1v) is 9.97. The largest absolute Gasteiger partial charge is 0.454 e. The second-order valence-electron chi connectivity index (χ2n) is 8.33. The topological polar surface area (TPSA) is 59.1 Å². The number of piperidine rings is 1. The van der Waals surface area contributed by atoms with Gasteiger partial charge in [0.25, 0.3) is 0 Å². The van der Waals surface area contributed by atoms with E-state index in [1.165, 1.54) is 5.56 Å². The number of fused-ring (bicyclic) bond motifs is 1. The van der Waals surface area contributed by atoms with Gasteiger partial charge in [0.1, 0.15) is 0 Å². The van der Waals surface area contributed by atoms with Gasteiger partial charge < -0.3 is 19.3 Å². The Labute approximate surface area is 160 Å². The number of carbonyl (C=O) groups is 2. The monoisotopic (exact) mass is 372 g/mol. The van der Waals surface area contributed by atoms with E-state index in [9.17, 15) is 9.59 Å². The molecule has 0 radical (unpaired) electrons. The SMILES string of the molecule is CC1(Cc2ccc3c(c2)OCO3)CCC(=O)N(CCCN2CCCC2=O)C1. The molecule has 0 saturated carbocycles. The van der Waals surface area contributed by atoms with Crippen LogP contribution in [-0.4, -0.2) is 54.6 Å². The van der Waals surface area contributed by atoms with Gasteiger partial charge in [0.2, 0.25) is 18.6 Å². The minimum absolute atomic E-state index is 0.0606. The van der Waals surface area contributed by atoms with Crippen LogP contribution in [0.25, 0.3) is 0 Å². The van der Waals surface area contributed by atoms with Gasteiger partial charge in [0, 0.05) is 39.0 Å². The first-order chi connectivity index (χ1) is 13.0. The maximum Gasteiger partial charge on any atom is 0.231 e. The highest BCUT2D eigenvalue weighted by molar-refractivity contribution is 5.78. The van der Waals surface area contributed by atoms with E-state index in [1.54, 1.807) is 0 Å². The maximum absolute atomic E-state index is 12.4. The van der Waals surface area contributed by atoms with Crippen molar-refractivity contribution in [2.24, 2.45) is 5.41 Å². The van der Waals surface area contributed by atoms with Crippen molar-refractivity contribution in [2.45, 2.75) is 45.4 Å². The first-order valence-electron chi connectivity index (χ1n) is 9.97. The van der Waals surface area contributed by atoms with Gasteiger partial charge in [-0.05, 0) is 48.8 Å². The zero-order chi connectivity index (χ0) is 18.9. The molecule has 3 aliphatic rings. The summed E-state index contributed by atoms with van der Waals surface area (Å²) in [4.78, 5) is 28.0. The number of nitrogens with zero attached hydrogens (tertiary/aromatic N) is 2. The minimum Gasteiger partial charge on any atom is -0.454 e. The van der Waals surface area contributed by atoms with Gasteiger partial charge in [-0.1, -0.05) is 13.0 Å². The zero-order valence-electron chi connectivity index (χ0n) is 16.0. The van der Waals surface area contributed by atoms with Gasteiger partial charge >= 0.3 is 0 Å². The number of ether oxygens (including phenoxy) is 2. The number of amides is 2. The quantitative estimate of drug-likeness (QED) is 0.770. The van der Waals surface area contributed by atoms with Crippen molar-refractivity contribution in [1.82, 2.24) is 9.80 Å². The molecule has 0 aromatic heterocycles. The fraction of sp³-hybridized carbons (Fsp3) is 0.619. The van der Waals surface area contributed by atoms with Gasteiger partial charge in [-0.2, -0.15) is 0 Å². The van der Waals surface area contributed by atoms with Gasteiger partial charge in [-0.25, -0.2) is 0 Å². The lowest BCUT2D eigenvalue weighted by Gasteiger charge is -2.40. The van der Waals surface area contributed by atoms with Crippen LogP contribution in [0.5, 0.6) is 11.5 Å². The molecule has 2 amide bonds. The third-order valence-corrected chi connectivity index (χ3v) is 5.96. The van der Waals surface area contributed by atoms with Crippen molar-refractivity contribution < 1.29 is 19.1 Å². The summed E-state index contributed by atoms with van der Waals surface area (Å²) in [5, 5.41) is 0. The number of likely N-dealkylation sites (tertiary alicyclic amines) is 2. The minimum atomic E-state index is 0.0606. The molecule has 0 aliphatic carbocycles. The summed E-state index contributed by atoms with van der Waals surface area (Å²) in [7, 11) is 0. The van der Waals surface area contributed by atoms with Gasteiger partial charge in [0.15, 0.2) is 11.5 Å². The molecule has 3 aliphatic heterocycles. The molecule has 1 unspecified atom stereocenters. The average molecular weight is 372 g/mol. The molecular weight excluding hydrogens is 344 g/mol. The Balaban J connectivity index is 1.34. The van der Waals surface area contributed by atoms with Gasteiger partial charge in [-0.3, -0.25) is 9.59 Å². The Morgan fingerprint density at radius 3 is 2.63 bits per heavy atom. The van der Waals surface area contributed by atoms with Crippen molar-refractivity contribution in [2.75, 3.05) is 33.0 Å². The smallest absolute Gasteiger partial charge is 0.231 e. The predicted octanol–water partition coefficient (Wildman–Crippen LogP) is 2.60. The van der Waals surface area contributed by atoms with Crippen molar-refractivity contribution in [3.8, 4) is 11.5 Å². The summed E-state index contributed by atoms with van der Waals surface area (Å²) in [6, 6.07) is 6.13. The van der Waals surface area contributed by atoms with E-state index in [-0.39, 0.29) is 24.0 Å². The van der Waals surface area contributed by atoms with E-state index in [2.05, 4.69) is 19.1 Å². The molecule has 0 spiro atoms. The molecule has 0 N–H and O–H groups in total. The second kappa shape index (κ2) is 7.41. The summed E-state index contributed by atoms with van der Waals surface area (Å²) in [6.45, 7) is 5.70. The van der Waals surface area contributed by atoms with E-state index < -0.39 is 0 Å². The van der Waals surface area contributed by atoms with E-state index in [0.717, 1.165) is 63.4 Å². The Kier molecular flexibility index (Phi) is 4.98. The lowest BCUT2D eigenvalue weighted by molar-refractivity contribution is -0.137. The first kappa shape index (κ1) is 18.1. The molecule has 146 valence electrons. The van der Waals surface area contributed by atoms with Crippen molar-refractivity contribution in [3.63, 3.8) is 0 Å². The normalized spacial score (nSPS) is 24.8. The summed E-state index contributed by atoms with van der Waals surface area (Å²) in [5.41, 5.74) is 1.28. The summed E-state index contributed by atoms with van der Waals surface area (Å²) in [6.07, 6.45) is 4.92. The van der Waals surface area contributed by atoms with Crippen LogP contribution in [0.4, 0.5) is 0 Å². The molecule has 3 heterocycles. The highest BCUT2D eigenvalue weighted by atomic mass is 16.7. The van der Waals surface area contributed by atoms with Gasteiger partial charge in [-0.15, -0.1) is 0 Å². The molecule has 27 heavy (non-hydrogen) atoms. The number of hydrogen-bond acceptors (Lipinski definition) is 4. The molecule has 6 heteroatoms. The standard InChI is InChI=1S/C21H28N2O4/c1-21(13-16-5-6-17-18(12-16)27-15-26-17)8-7-20(25)23(14-21)11-3-10-22-9-2-4-19(22)24/h5-6,12H,2-4,7-11,13-15H2,1H3. The maximum atomic E-state index is 12.4. The molecule has 2 fully saturated rings. The van der Waals surface area contributed by atoms with Crippen LogP contribution in [0.2, 0.25) is 0 Å². The van der Waals surface area contributed by atoms with Crippen LogP contribution >= 0.6 is 0 Å². The van der Waals surface area contributed by atoms with Crippen molar-refractivity contribution >= 4 is 11.8 Å². The van der Waals surface area contributed by atoms with Crippen LogP contribution < -0.4 is 9.47 Å². The summed E-state index contributed by atoms with van der Waals surface area (Å²) in [5.74, 6) is 2.12. The number of benzene rings is 1. The summed E-state index contributed by atoms with van der Waals surface area (Å²) >= 11 is 0.